The van der Waals surface area contributed by atoms with Crippen molar-refractivity contribution >= 4 is 23.0 Å². The fourth-order valence-corrected chi connectivity index (χ4v) is 1.90. The zero-order valence-electron chi connectivity index (χ0n) is 11.3. The van der Waals surface area contributed by atoms with Gasteiger partial charge in [-0.25, -0.2) is 9.97 Å². The minimum Gasteiger partial charge on any atom is -0.367 e. The largest absolute Gasteiger partial charge is 0.367 e. The average Bonchev–Trinajstić information content (AvgIpc) is 2.47. The summed E-state index contributed by atoms with van der Waals surface area (Å²) in [4.78, 5) is 18.5. The quantitative estimate of drug-likeness (QED) is 0.642. The van der Waals surface area contributed by atoms with E-state index in [0.29, 0.717) is 0 Å². The second-order valence-electron chi connectivity index (χ2n) is 4.06. The van der Waals surface area contributed by atoms with Gasteiger partial charge in [0.1, 0.15) is 6.33 Å². The number of aryl methyl sites for hydroxylation is 1. The molecule has 2 rings (SSSR count). The number of hydrogen-bond acceptors (Lipinski definition) is 6. The Kier molecular flexibility index (Phi) is 4.09. The highest BCUT2D eigenvalue weighted by Crippen LogP contribution is 2.31. The predicted molar refractivity (Wildman–Crippen MR) is 77.3 cm³/mol. The molecule has 0 bridgehead atoms. The van der Waals surface area contributed by atoms with Crippen LogP contribution in [0.15, 0.2) is 30.6 Å². The lowest BCUT2D eigenvalue weighted by Gasteiger charge is -2.11. The van der Waals surface area contributed by atoms with E-state index < -0.39 is 4.92 Å². The first-order valence-electron chi connectivity index (χ1n) is 6.19. The van der Waals surface area contributed by atoms with Gasteiger partial charge in [-0.2, -0.15) is 0 Å². The van der Waals surface area contributed by atoms with E-state index in [-0.39, 0.29) is 17.3 Å². The van der Waals surface area contributed by atoms with Crippen LogP contribution in [0.1, 0.15) is 12.5 Å². The van der Waals surface area contributed by atoms with Gasteiger partial charge in [-0.1, -0.05) is 25.1 Å². The summed E-state index contributed by atoms with van der Waals surface area (Å²) in [6.45, 7) is 2.02. The van der Waals surface area contributed by atoms with Crippen LogP contribution in [0.4, 0.5) is 23.0 Å². The number of anilines is 3. The molecule has 1 aromatic heterocycles. The number of para-hydroxylation sites is 1. The average molecular weight is 273 g/mol. The lowest BCUT2D eigenvalue weighted by atomic mass is 10.1. The van der Waals surface area contributed by atoms with Crippen molar-refractivity contribution in [3.05, 3.63) is 46.3 Å². The third kappa shape index (κ3) is 2.66. The Hall–Kier alpha value is -2.70. The molecule has 0 radical (unpaired) electrons. The van der Waals surface area contributed by atoms with E-state index in [1.165, 1.54) is 6.33 Å². The fraction of sp³-hybridized carbons (Fsp3) is 0.231. The minimum absolute atomic E-state index is 0.166. The topological polar surface area (TPSA) is 93.0 Å². The van der Waals surface area contributed by atoms with Gasteiger partial charge in [0.05, 0.1) is 4.92 Å². The van der Waals surface area contributed by atoms with Gasteiger partial charge in [0.15, 0.2) is 0 Å². The van der Waals surface area contributed by atoms with E-state index in [0.717, 1.165) is 17.7 Å². The Bertz CT molecular complexity index is 630. The van der Waals surface area contributed by atoms with E-state index in [1.807, 2.05) is 31.2 Å². The molecule has 1 aromatic carbocycles. The minimum atomic E-state index is -0.497. The Labute approximate surface area is 116 Å². The number of nitrogens with zero attached hydrogens (tertiary/aromatic N) is 3. The molecule has 0 aliphatic heterocycles. The molecule has 0 spiro atoms. The number of nitrogens with one attached hydrogen (secondary N) is 2. The van der Waals surface area contributed by atoms with E-state index in [4.69, 9.17) is 0 Å². The van der Waals surface area contributed by atoms with E-state index >= 15 is 0 Å². The van der Waals surface area contributed by atoms with Gasteiger partial charge >= 0.3 is 5.69 Å². The van der Waals surface area contributed by atoms with Crippen LogP contribution < -0.4 is 10.6 Å². The van der Waals surface area contributed by atoms with Crippen molar-refractivity contribution in [2.75, 3.05) is 17.7 Å². The number of rotatable bonds is 5. The summed E-state index contributed by atoms with van der Waals surface area (Å²) in [7, 11) is 1.58. The summed E-state index contributed by atoms with van der Waals surface area (Å²) in [6, 6.07) is 7.63. The van der Waals surface area contributed by atoms with E-state index in [1.54, 1.807) is 7.05 Å². The maximum absolute atomic E-state index is 11.2. The summed E-state index contributed by atoms with van der Waals surface area (Å²) in [6.07, 6.45) is 2.11. The maximum atomic E-state index is 11.2. The standard InChI is InChI=1S/C13H15N5O2/c1-3-9-6-4-5-7-10(9)17-13-11(18(19)20)12(14-2)15-8-16-13/h4-8H,3H2,1-2H3,(H2,14,15,16,17). The number of aromatic nitrogens is 2. The summed E-state index contributed by atoms with van der Waals surface area (Å²) < 4.78 is 0. The van der Waals surface area contributed by atoms with Crippen molar-refractivity contribution in [3.8, 4) is 0 Å². The Morgan fingerprint density at radius 1 is 1.25 bits per heavy atom. The second kappa shape index (κ2) is 5.96. The first-order valence-corrected chi connectivity index (χ1v) is 6.19. The maximum Gasteiger partial charge on any atom is 0.353 e. The fourth-order valence-electron chi connectivity index (χ4n) is 1.90. The van der Waals surface area contributed by atoms with Crippen LogP contribution in [0.5, 0.6) is 0 Å². The highest BCUT2D eigenvalue weighted by atomic mass is 16.6. The number of benzene rings is 1. The SMILES string of the molecule is CCc1ccccc1Nc1ncnc(NC)c1[N+](=O)[O-]. The Morgan fingerprint density at radius 2 is 1.95 bits per heavy atom. The van der Waals surface area contributed by atoms with Crippen molar-refractivity contribution in [1.29, 1.82) is 0 Å². The normalized spacial score (nSPS) is 10.1. The van der Waals surface area contributed by atoms with Crippen LogP contribution in [-0.2, 0) is 6.42 Å². The molecule has 104 valence electrons. The Morgan fingerprint density at radius 3 is 2.60 bits per heavy atom. The molecule has 0 aliphatic rings. The summed E-state index contributed by atoms with van der Waals surface area (Å²) in [5.74, 6) is 0.358. The molecule has 0 aliphatic carbocycles. The van der Waals surface area contributed by atoms with Crippen molar-refractivity contribution in [3.63, 3.8) is 0 Å². The molecule has 7 heteroatoms. The predicted octanol–water partition coefficient (Wildman–Crippen LogP) is 2.73. The zero-order chi connectivity index (χ0) is 14.5. The van der Waals surface area contributed by atoms with Crippen LogP contribution in [0.2, 0.25) is 0 Å². The molecule has 0 unspecified atom stereocenters. The lowest BCUT2D eigenvalue weighted by molar-refractivity contribution is -0.383. The highest BCUT2D eigenvalue weighted by Gasteiger charge is 2.22. The first-order chi connectivity index (χ1) is 9.67. The molecule has 2 N–H and O–H groups in total. The molecule has 7 nitrogen and oxygen atoms in total. The first kappa shape index (κ1) is 13.7. The van der Waals surface area contributed by atoms with Gasteiger partial charge in [0, 0.05) is 12.7 Å². The lowest BCUT2D eigenvalue weighted by Crippen LogP contribution is -2.06. The molecular weight excluding hydrogens is 258 g/mol. The smallest absolute Gasteiger partial charge is 0.353 e. The molecule has 0 saturated carbocycles. The van der Waals surface area contributed by atoms with Crippen molar-refractivity contribution in [2.45, 2.75) is 13.3 Å². The van der Waals surface area contributed by atoms with Gasteiger partial charge in [-0.15, -0.1) is 0 Å². The third-order valence-corrected chi connectivity index (χ3v) is 2.89. The molecule has 0 amide bonds. The summed E-state index contributed by atoms with van der Waals surface area (Å²) in [5, 5.41) is 16.9. The van der Waals surface area contributed by atoms with Crippen LogP contribution in [0.3, 0.4) is 0 Å². The second-order valence-corrected chi connectivity index (χ2v) is 4.06. The molecule has 0 saturated heterocycles. The molecule has 0 atom stereocenters. The molecule has 0 fully saturated rings. The van der Waals surface area contributed by atoms with Crippen molar-refractivity contribution in [2.24, 2.45) is 0 Å². The van der Waals surface area contributed by atoms with E-state index in [9.17, 15) is 10.1 Å². The molecule has 20 heavy (non-hydrogen) atoms. The Balaban J connectivity index is 2.46. The van der Waals surface area contributed by atoms with Gasteiger partial charge in [-0.05, 0) is 18.1 Å². The van der Waals surface area contributed by atoms with Crippen LogP contribution in [0, 0.1) is 10.1 Å². The van der Waals surface area contributed by atoms with Gasteiger partial charge in [0.25, 0.3) is 0 Å². The van der Waals surface area contributed by atoms with E-state index in [2.05, 4.69) is 20.6 Å². The highest BCUT2D eigenvalue weighted by molar-refractivity contribution is 5.74. The number of hydrogen-bond donors (Lipinski definition) is 2. The molecule has 2 aromatic rings. The van der Waals surface area contributed by atoms with Crippen molar-refractivity contribution in [1.82, 2.24) is 9.97 Å². The molecule has 1 heterocycles. The zero-order valence-corrected chi connectivity index (χ0v) is 11.3. The third-order valence-electron chi connectivity index (χ3n) is 2.89. The van der Waals surface area contributed by atoms with Gasteiger partial charge < -0.3 is 10.6 Å². The summed E-state index contributed by atoms with van der Waals surface area (Å²) >= 11 is 0. The van der Waals surface area contributed by atoms with Gasteiger partial charge in [0.2, 0.25) is 11.6 Å². The monoisotopic (exact) mass is 273 g/mol. The number of nitro groups is 1. The summed E-state index contributed by atoms with van der Waals surface area (Å²) in [5.41, 5.74) is 1.70. The molecular formula is C13H15N5O2. The van der Waals surface area contributed by atoms with Crippen LogP contribution in [-0.4, -0.2) is 21.9 Å². The van der Waals surface area contributed by atoms with Crippen LogP contribution in [0.25, 0.3) is 0 Å². The van der Waals surface area contributed by atoms with Crippen molar-refractivity contribution < 1.29 is 4.92 Å². The van der Waals surface area contributed by atoms with Crippen LogP contribution >= 0.6 is 0 Å². The van der Waals surface area contributed by atoms with Gasteiger partial charge in [-0.3, -0.25) is 10.1 Å².